The third-order valence-electron chi connectivity index (χ3n) is 4.11. The summed E-state index contributed by atoms with van der Waals surface area (Å²) in [5.74, 6) is 0.822. The Labute approximate surface area is 181 Å². The van der Waals surface area contributed by atoms with Gasteiger partial charge in [0.15, 0.2) is 11.5 Å². The molecule has 0 saturated heterocycles. The number of nitrogens with one attached hydrogen (secondary N) is 1. The summed E-state index contributed by atoms with van der Waals surface area (Å²) in [6, 6.07) is 10.0. The first-order chi connectivity index (χ1) is 14.4. The molecule has 0 aromatic heterocycles. The van der Waals surface area contributed by atoms with Crippen molar-refractivity contribution >= 4 is 29.1 Å². The van der Waals surface area contributed by atoms with Gasteiger partial charge in [-0.25, -0.2) is 0 Å². The molecular weight excluding hydrogens is 408 g/mol. The van der Waals surface area contributed by atoms with E-state index in [1.807, 2.05) is 13.8 Å². The van der Waals surface area contributed by atoms with Crippen LogP contribution in [0.3, 0.4) is 0 Å². The van der Waals surface area contributed by atoms with E-state index in [0.717, 1.165) is 6.42 Å². The van der Waals surface area contributed by atoms with Crippen LogP contribution in [0, 0.1) is 0 Å². The van der Waals surface area contributed by atoms with Gasteiger partial charge in [0.2, 0.25) is 5.91 Å². The summed E-state index contributed by atoms with van der Waals surface area (Å²) in [6.07, 6.45) is 0.814. The fourth-order valence-electron chi connectivity index (χ4n) is 2.68. The van der Waals surface area contributed by atoms with Crippen LogP contribution in [0.1, 0.15) is 30.6 Å². The van der Waals surface area contributed by atoms with E-state index >= 15 is 0 Å². The molecule has 0 heterocycles. The second kappa shape index (κ2) is 11.3. The van der Waals surface area contributed by atoms with E-state index < -0.39 is 0 Å². The van der Waals surface area contributed by atoms with Crippen molar-refractivity contribution in [3.8, 4) is 17.2 Å². The monoisotopic (exact) mass is 434 g/mol. The van der Waals surface area contributed by atoms with E-state index in [4.69, 9.17) is 25.8 Å². The molecule has 7 nitrogen and oxygen atoms in total. The average molecular weight is 435 g/mol. The van der Waals surface area contributed by atoms with Crippen LogP contribution in [0.4, 0.5) is 5.69 Å². The average Bonchev–Trinajstić information content (AvgIpc) is 2.73. The molecule has 0 saturated carbocycles. The highest BCUT2D eigenvalue weighted by molar-refractivity contribution is 6.32. The minimum atomic E-state index is -0.357. The van der Waals surface area contributed by atoms with Crippen LogP contribution in [0.15, 0.2) is 36.4 Å². The Kier molecular flexibility index (Phi) is 8.80. The third-order valence-corrected chi connectivity index (χ3v) is 4.39. The lowest BCUT2D eigenvalue weighted by molar-refractivity contribution is -0.116. The Bertz CT molecular complexity index is 871. The maximum absolute atomic E-state index is 12.8. The number of hydrogen-bond acceptors (Lipinski definition) is 5. The zero-order valence-electron chi connectivity index (χ0n) is 17.7. The highest BCUT2D eigenvalue weighted by Gasteiger charge is 2.20. The molecule has 8 heteroatoms. The number of halogens is 1. The first-order valence-corrected chi connectivity index (χ1v) is 10.1. The van der Waals surface area contributed by atoms with Crippen molar-refractivity contribution in [1.29, 1.82) is 0 Å². The number of benzene rings is 2. The van der Waals surface area contributed by atoms with Crippen molar-refractivity contribution in [2.45, 2.75) is 20.3 Å². The van der Waals surface area contributed by atoms with E-state index in [-0.39, 0.29) is 23.4 Å². The molecule has 0 spiro atoms. The normalized spacial score (nSPS) is 10.3. The predicted molar refractivity (Wildman–Crippen MR) is 117 cm³/mol. The summed E-state index contributed by atoms with van der Waals surface area (Å²) in [4.78, 5) is 26.5. The third kappa shape index (κ3) is 6.29. The number of methoxy groups -OCH3 is 1. The SMILES string of the molecule is CCCOc1c(Cl)cc(C(=O)N(C)CC(=O)Nc2ccc(OC)cc2)cc1OCC. The van der Waals surface area contributed by atoms with Gasteiger partial charge in [-0.2, -0.15) is 0 Å². The summed E-state index contributed by atoms with van der Waals surface area (Å²) in [7, 11) is 3.12. The fraction of sp³-hybridized carbons (Fsp3) is 0.364. The lowest BCUT2D eigenvalue weighted by atomic mass is 10.1. The van der Waals surface area contributed by atoms with Crippen molar-refractivity contribution in [3.63, 3.8) is 0 Å². The summed E-state index contributed by atoms with van der Waals surface area (Å²) < 4.78 is 16.3. The number of likely N-dealkylation sites (N-methyl/N-ethyl adjacent to an activating group) is 1. The maximum Gasteiger partial charge on any atom is 0.254 e. The number of anilines is 1. The van der Waals surface area contributed by atoms with Gasteiger partial charge < -0.3 is 24.4 Å². The topological polar surface area (TPSA) is 77.1 Å². The van der Waals surface area contributed by atoms with Crippen molar-refractivity contribution in [2.24, 2.45) is 0 Å². The number of carbonyl (C=O) groups excluding carboxylic acids is 2. The van der Waals surface area contributed by atoms with Gasteiger partial charge in [-0.3, -0.25) is 9.59 Å². The fourth-order valence-corrected chi connectivity index (χ4v) is 2.95. The summed E-state index contributed by atoms with van der Waals surface area (Å²) in [5.41, 5.74) is 0.924. The van der Waals surface area contributed by atoms with Gasteiger partial charge in [0.25, 0.3) is 5.91 Å². The zero-order valence-corrected chi connectivity index (χ0v) is 18.4. The number of ether oxygens (including phenoxy) is 3. The van der Waals surface area contributed by atoms with Gasteiger partial charge in [-0.1, -0.05) is 18.5 Å². The van der Waals surface area contributed by atoms with E-state index in [9.17, 15) is 9.59 Å². The number of amides is 2. The van der Waals surface area contributed by atoms with Gasteiger partial charge in [-0.05, 0) is 49.7 Å². The first kappa shape index (κ1) is 23.3. The van der Waals surface area contributed by atoms with E-state index in [0.29, 0.717) is 41.7 Å². The Balaban J connectivity index is 2.09. The summed E-state index contributed by atoms with van der Waals surface area (Å²) in [6.45, 7) is 4.58. The number of hydrogen-bond donors (Lipinski definition) is 1. The highest BCUT2D eigenvalue weighted by Crippen LogP contribution is 2.37. The van der Waals surface area contributed by atoms with Gasteiger partial charge in [0.05, 0.1) is 31.9 Å². The molecule has 2 aromatic carbocycles. The molecule has 0 radical (unpaired) electrons. The van der Waals surface area contributed by atoms with E-state index in [2.05, 4.69) is 5.32 Å². The zero-order chi connectivity index (χ0) is 22.1. The summed E-state index contributed by atoms with van der Waals surface area (Å²) >= 11 is 6.33. The summed E-state index contributed by atoms with van der Waals surface area (Å²) in [5, 5.41) is 3.03. The Hall–Kier alpha value is -2.93. The van der Waals surface area contributed by atoms with Crippen LogP contribution in [-0.2, 0) is 4.79 Å². The van der Waals surface area contributed by atoms with Crippen LogP contribution in [0.25, 0.3) is 0 Å². The van der Waals surface area contributed by atoms with Crippen LogP contribution in [0.2, 0.25) is 5.02 Å². The number of carbonyl (C=O) groups is 2. The van der Waals surface area contributed by atoms with Crippen LogP contribution in [-0.4, -0.2) is 50.6 Å². The predicted octanol–water partition coefficient (Wildman–Crippen LogP) is 4.25. The van der Waals surface area contributed by atoms with Crippen LogP contribution < -0.4 is 19.5 Å². The maximum atomic E-state index is 12.8. The number of rotatable bonds is 10. The first-order valence-electron chi connectivity index (χ1n) is 9.68. The smallest absolute Gasteiger partial charge is 0.254 e. The van der Waals surface area contributed by atoms with Crippen LogP contribution >= 0.6 is 11.6 Å². The molecule has 162 valence electrons. The second-order valence-corrected chi connectivity index (χ2v) is 6.91. The molecule has 2 amide bonds. The molecule has 0 unspecified atom stereocenters. The molecule has 1 N–H and O–H groups in total. The van der Waals surface area contributed by atoms with Gasteiger partial charge in [0, 0.05) is 18.3 Å². The van der Waals surface area contributed by atoms with E-state index in [1.165, 1.54) is 11.0 Å². The standard InChI is InChI=1S/C22H27ClN2O5/c1-5-11-30-21-18(23)12-15(13-19(21)29-6-2)22(27)25(3)14-20(26)24-16-7-9-17(28-4)10-8-16/h7-10,12-13H,5-6,11,14H2,1-4H3,(H,24,26). The molecule has 0 bridgehead atoms. The molecule has 0 aliphatic rings. The number of nitrogens with zero attached hydrogens (tertiary/aromatic N) is 1. The highest BCUT2D eigenvalue weighted by atomic mass is 35.5. The van der Waals surface area contributed by atoms with Crippen molar-refractivity contribution < 1.29 is 23.8 Å². The van der Waals surface area contributed by atoms with Gasteiger partial charge in [0.1, 0.15) is 5.75 Å². The Morgan fingerprint density at radius 2 is 1.80 bits per heavy atom. The molecule has 0 atom stereocenters. The van der Waals surface area contributed by atoms with Crippen LogP contribution in [0.5, 0.6) is 17.2 Å². The lowest BCUT2D eigenvalue weighted by Crippen LogP contribution is -2.35. The molecule has 0 fully saturated rings. The van der Waals surface area contributed by atoms with E-state index in [1.54, 1.807) is 44.5 Å². The van der Waals surface area contributed by atoms with Gasteiger partial charge in [-0.15, -0.1) is 0 Å². The van der Waals surface area contributed by atoms with Crippen molar-refractivity contribution in [3.05, 3.63) is 47.0 Å². The molecule has 2 aromatic rings. The Morgan fingerprint density at radius 1 is 1.10 bits per heavy atom. The molecule has 0 aliphatic heterocycles. The van der Waals surface area contributed by atoms with Gasteiger partial charge >= 0.3 is 0 Å². The quantitative estimate of drug-likeness (QED) is 0.605. The minimum Gasteiger partial charge on any atom is -0.497 e. The molecule has 2 rings (SSSR count). The molecule has 0 aliphatic carbocycles. The Morgan fingerprint density at radius 3 is 2.40 bits per heavy atom. The second-order valence-electron chi connectivity index (χ2n) is 6.50. The minimum absolute atomic E-state index is 0.124. The van der Waals surface area contributed by atoms with Crippen molar-refractivity contribution in [2.75, 3.05) is 39.2 Å². The van der Waals surface area contributed by atoms with Crippen molar-refractivity contribution in [1.82, 2.24) is 4.90 Å². The largest absolute Gasteiger partial charge is 0.497 e. The molecule has 30 heavy (non-hydrogen) atoms. The lowest BCUT2D eigenvalue weighted by Gasteiger charge is -2.19. The molecular formula is C22H27ClN2O5.